The maximum Gasteiger partial charge on any atom is 0.213 e. The van der Waals surface area contributed by atoms with E-state index in [0.717, 1.165) is 29.0 Å². The molecule has 0 aromatic carbocycles. The molecule has 1 aliphatic heterocycles. The van der Waals surface area contributed by atoms with Crippen LogP contribution < -0.4 is 10.1 Å². The summed E-state index contributed by atoms with van der Waals surface area (Å²) in [4.78, 5) is 4.21. The van der Waals surface area contributed by atoms with E-state index >= 15 is 0 Å². The molecule has 4 heteroatoms. The van der Waals surface area contributed by atoms with Crippen LogP contribution in [0.1, 0.15) is 12.8 Å². The van der Waals surface area contributed by atoms with Gasteiger partial charge in [0.1, 0.15) is 6.10 Å². The van der Waals surface area contributed by atoms with E-state index in [9.17, 15) is 0 Å². The molecule has 2 rings (SSSR count). The number of hydrogen-bond donors (Lipinski definition) is 1. The topological polar surface area (TPSA) is 34.1 Å². The molecule has 0 saturated carbocycles. The summed E-state index contributed by atoms with van der Waals surface area (Å²) in [5.41, 5.74) is 0. The molecular weight excluding hydrogens is 291 g/mol. The van der Waals surface area contributed by atoms with Gasteiger partial charge >= 0.3 is 0 Å². The second-order valence-corrected chi connectivity index (χ2v) is 4.65. The molecule has 0 aliphatic carbocycles. The van der Waals surface area contributed by atoms with Crippen molar-refractivity contribution in [3.63, 3.8) is 0 Å². The van der Waals surface area contributed by atoms with E-state index in [4.69, 9.17) is 4.74 Å². The van der Waals surface area contributed by atoms with Crippen molar-refractivity contribution in [2.24, 2.45) is 0 Å². The Bertz CT molecular complexity index is 283. The Morgan fingerprint density at radius 2 is 2.43 bits per heavy atom. The van der Waals surface area contributed by atoms with Gasteiger partial charge in [-0.05, 0) is 48.0 Å². The SMILES string of the molecule is Ic1ccc(OC2CCCNC2)nc1. The highest BCUT2D eigenvalue weighted by Gasteiger charge is 2.14. The molecule has 3 nitrogen and oxygen atoms in total. The fourth-order valence-corrected chi connectivity index (χ4v) is 1.84. The molecule has 0 radical (unpaired) electrons. The quantitative estimate of drug-likeness (QED) is 0.846. The largest absolute Gasteiger partial charge is 0.473 e. The summed E-state index contributed by atoms with van der Waals surface area (Å²) in [6.07, 6.45) is 4.43. The Labute approximate surface area is 97.4 Å². The van der Waals surface area contributed by atoms with Gasteiger partial charge in [0.2, 0.25) is 5.88 Å². The predicted octanol–water partition coefficient (Wildman–Crippen LogP) is 1.82. The summed E-state index contributed by atoms with van der Waals surface area (Å²) in [5, 5.41) is 3.31. The lowest BCUT2D eigenvalue weighted by atomic mass is 10.1. The third-order valence-electron chi connectivity index (χ3n) is 2.24. The summed E-state index contributed by atoms with van der Waals surface area (Å²) in [5.74, 6) is 0.735. The van der Waals surface area contributed by atoms with E-state index in [1.807, 2.05) is 18.3 Å². The first-order valence-electron chi connectivity index (χ1n) is 4.83. The Balaban J connectivity index is 1.92. The average molecular weight is 304 g/mol. The van der Waals surface area contributed by atoms with Gasteiger partial charge < -0.3 is 10.1 Å². The Morgan fingerprint density at radius 3 is 3.07 bits per heavy atom. The summed E-state index contributed by atoms with van der Waals surface area (Å²) < 4.78 is 6.87. The highest BCUT2D eigenvalue weighted by Crippen LogP contribution is 2.13. The van der Waals surface area contributed by atoms with Crippen molar-refractivity contribution in [2.45, 2.75) is 18.9 Å². The highest BCUT2D eigenvalue weighted by atomic mass is 127. The maximum absolute atomic E-state index is 5.73. The molecule has 1 fully saturated rings. The Kier molecular flexibility index (Phi) is 3.58. The number of halogens is 1. The van der Waals surface area contributed by atoms with Crippen LogP contribution in [-0.2, 0) is 0 Å². The second-order valence-electron chi connectivity index (χ2n) is 3.40. The number of nitrogens with one attached hydrogen (secondary N) is 1. The molecule has 1 unspecified atom stereocenters. The molecule has 1 aromatic rings. The van der Waals surface area contributed by atoms with Gasteiger partial charge in [-0.15, -0.1) is 0 Å². The molecule has 0 amide bonds. The molecule has 0 bridgehead atoms. The molecule has 1 atom stereocenters. The van der Waals surface area contributed by atoms with E-state index in [1.54, 1.807) is 0 Å². The Morgan fingerprint density at radius 1 is 1.50 bits per heavy atom. The van der Waals surface area contributed by atoms with Crippen LogP contribution in [0.2, 0.25) is 0 Å². The van der Waals surface area contributed by atoms with Gasteiger partial charge in [-0.1, -0.05) is 0 Å². The van der Waals surface area contributed by atoms with Crippen LogP contribution >= 0.6 is 22.6 Å². The highest BCUT2D eigenvalue weighted by molar-refractivity contribution is 14.1. The van der Waals surface area contributed by atoms with Gasteiger partial charge in [0.15, 0.2) is 0 Å². The summed E-state index contributed by atoms with van der Waals surface area (Å²) in [6.45, 7) is 2.05. The van der Waals surface area contributed by atoms with Gasteiger partial charge in [0.25, 0.3) is 0 Å². The minimum atomic E-state index is 0.288. The standard InChI is InChI=1S/C10H13IN2O/c11-8-3-4-10(13-6-8)14-9-2-1-5-12-7-9/h3-4,6,9,12H,1-2,5,7H2. The van der Waals surface area contributed by atoms with Crippen molar-refractivity contribution < 1.29 is 4.74 Å². The zero-order valence-corrected chi connectivity index (χ0v) is 10.0. The fourth-order valence-electron chi connectivity index (χ4n) is 1.52. The first-order chi connectivity index (χ1) is 6.84. The number of pyridine rings is 1. The normalized spacial score (nSPS) is 21.9. The zero-order valence-electron chi connectivity index (χ0n) is 7.87. The van der Waals surface area contributed by atoms with Crippen LogP contribution in [0.3, 0.4) is 0 Å². The molecule has 1 aliphatic rings. The minimum absolute atomic E-state index is 0.288. The molecular formula is C10H13IN2O. The van der Waals surface area contributed by atoms with Crippen molar-refractivity contribution in [3.8, 4) is 5.88 Å². The Hall–Kier alpha value is -0.360. The first kappa shape index (κ1) is 10.2. The van der Waals surface area contributed by atoms with E-state index < -0.39 is 0 Å². The first-order valence-corrected chi connectivity index (χ1v) is 5.91. The summed E-state index contributed by atoms with van der Waals surface area (Å²) in [7, 11) is 0. The van der Waals surface area contributed by atoms with E-state index in [2.05, 4.69) is 32.9 Å². The number of hydrogen-bond acceptors (Lipinski definition) is 3. The molecule has 2 heterocycles. The van der Waals surface area contributed by atoms with Crippen LogP contribution in [0.4, 0.5) is 0 Å². The third-order valence-corrected chi connectivity index (χ3v) is 2.88. The van der Waals surface area contributed by atoms with Gasteiger partial charge in [-0.3, -0.25) is 0 Å². The average Bonchev–Trinajstić information content (AvgIpc) is 2.23. The molecule has 1 aromatic heterocycles. The monoisotopic (exact) mass is 304 g/mol. The number of piperidine rings is 1. The van der Waals surface area contributed by atoms with Crippen LogP contribution in [0.15, 0.2) is 18.3 Å². The number of aromatic nitrogens is 1. The maximum atomic E-state index is 5.73. The zero-order chi connectivity index (χ0) is 9.80. The van der Waals surface area contributed by atoms with Crippen LogP contribution in [0, 0.1) is 3.57 Å². The van der Waals surface area contributed by atoms with Crippen molar-refractivity contribution in [1.29, 1.82) is 0 Å². The second kappa shape index (κ2) is 4.93. The molecule has 76 valence electrons. The van der Waals surface area contributed by atoms with Gasteiger partial charge in [0.05, 0.1) is 0 Å². The van der Waals surface area contributed by atoms with Gasteiger partial charge in [-0.2, -0.15) is 0 Å². The smallest absolute Gasteiger partial charge is 0.213 e. The van der Waals surface area contributed by atoms with Crippen molar-refractivity contribution >= 4 is 22.6 Å². The van der Waals surface area contributed by atoms with Gasteiger partial charge in [0, 0.05) is 22.4 Å². The van der Waals surface area contributed by atoms with Gasteiger partial charge in [-0.25, -0.2) is 4.98 Å². The van der Waals surface area contributed by atoms with E-state index in [-0.39, 0.29) is 6.10 Å². The number of rotatable bonds is 2. The van der Waals surface area contributed by atoms with E-state index in [0.29, 0.717) is 0 Å². The summed E-state index contributed by atoms with van der Waals surface area (Å²) >= 11 is 2.24. The molecule has 14 heavy (non-hydrogen) atoms. The minimum Gasteiger partial charge on any atom is -0.473 e. The van der Waals surface area contributed by atoms with Crippen molar-refractivity contribution in [3.05, 3.63) is 21.9 Å². The lowest BCUT2D eigenvalue weighted by molar-refractivity contribution is 0.160. The number of nitrogens with zero attached hydrogens (tertiary/aromatic N) is 1. The molecule has 1 N–H and O–H groups in total. The third kappa shape index (κ3) is 2.81. The van der Waals surface area contributed by atoms with Crippen molar-refractivity contribution in [1.82, 2.24) is 10.3 Å². The van der Waals surface area contributed by atoms with Crippen molar-refractivity contribution in [2.75, 3.05) is 13.1 Å². The molecule has 0 spiro atoms. The predicted molar refractivity (Wildman–Crippen MR) is 63.5 cm³/mol. The van der Waals surface area contributed by atoms with E-state index in [1.165, 1.54) is 6.42 Å². The lowest BCUT2D eigenvalue weighted by Gasteiger charge is -2.23. The summed E-state index contributed by atoms with van der Waals surface area (Å²) in [6, 6.07) is 3.94. The molecule has 1 saturated heterocycles. The number of ether oxygens (including phenoxy) is 1. The van der Waals surface area contributed by atoms with Crippen LogP contribution in [0.5, 0.6) is 5.88 Å². The lowest BCUT2D eigenvalue weighted by Crippen LogP contribution is -2.37. The van der Waals surface area contributed by atoms with Crippen LogP contribution in [-0.4, -0.2) is 24.2 Å². The van der Waals surface area contributed by atoms with Crippen LogP contribution in [0.25, 0.3) is 0 Å². The fraction of sp³-hybridized carbons (Fsp3) is 0.500.